The average Bonchev–Trinajstić information content (AvgIpc) is 2.47. The van der Waals surface area contributed by atoms with Gasteiger partial charge in [-0.2, -0.15) is 14.8 Å². The first-order chi connectivity index (χ1) is 9.07. The Morgan fingerprint density at radius 3 is 2.47 bits per heavy atom. The van der Waals surface area contributed by atoms with Gasteiger partial charge in [0.05, 0.1) is 22.6 Å². The standard InChI is InChI=1S/C13H13N3O2S/c14-9-11-4-6-16(7-5-11)19(17,18)13-3-1-2-12(8-13)10-15/h1-3,8,11H,4-7H2. The molecule has 2 rings (SSSR count). The van der Waals surface area contributed by atoms with Crippen LogP contribution < -0.4 is 0 Å². The maximum Gasteiger partial charge on any atom is 0.243 e. The van der Waals surface area contributed by atoms with E-state index in [1.807, 2.05) is 6.07 Å². The van der Waals surface area contributed by atoms with E-state index < -0.39 is 10.0 Å². The summed E-state index contributed by atoms with van der Waals surface area (Å²) in [6.07, 6.45) is 1.13. The number of sulfonamides is 1. The molecule has 1 saturated heterocycles. The molecular formula is C13H13N3O2S. The molecule has 98 valence electrons. The molecule has 1 fully saturated rings. The van der Waals surface area contributed by atoms with Crippen molar-refractivity contribution in [1.29, 1.82) is 10.5 Å². The zero-order valence-electron chi connectivity index (χ0n) is 10.3. The summed E-state index contributed by atoms with van der Waals surface area (Å²) in [6, 6.07) is 10.1. The van der Waals surface area contributed by atoms with Crippen LogP contribution in [0.2, 0.25) is 0 Å². The van der Waals surface area contributed by atoms with E-state index >= 15 is 0 Å². The lowest BCUT2D eigenvalue weighted by Gasteiger charge is -2.28. The second kappa shape index (κ2) is 5.40. The number of benzene rings is 1. The molecule has 1 aliphatic heterocycles. The van der Waals surface area contributed by atoms with Crippen molar-refractivity contribution in [2.75, 3.05) is 13.1 Å². The molecule has 1 aliphatic rings. The summed E-state index contributed by atoms with van der Waals surface area (Å²) < 4.78 is 26.2. The molecule has 19 heavy (non-hydrogen) atoms. The van der Waals surface area contributed by atoms with Gasteiger partial charge in [0.2, 0.25) is 10.0 Å². The van der Waals surface area contributed by atoms with Crippen molar-refractivity contribution < 1.29 is 8.42 Å². The van der Waals surface area contributed by atoms with Gasteiger partial charge in [-0.25, -0.2) is 8.42 Å². The highest BCUT2D eigenvalue weighted by atomic mass is 32.2. The minimum Gasteiger partial charge on any atom is -0.207 e. The normalized spacial score (nSPS) is 17.6. The summed E-state index contributed by atoms with van der Waals surface area (Å²) >= 11 is 0. The Morgan fingerprint density at radius 1 is 1.21 bits per heavy atom. The Hall–Kier alpha value is -1.89. The van der Waals surface area contributed by atoms with Crippen LogP contribution in [0.1, 0.15) is 18.4 Å². The van der Waals surface area contributed by atoms with Crippen molar-refractivity contribution in [3.05, 3.63) is 29.8 Å². The van der Waals surface area contributed by atoms with Gasteiger partial charge in [0.15, 0.2) is 0 Å². The predicted molar refractivity (Wildman–Crippen MR) is 68.3 cm³/mol. The summed E-state index contributed by atoms with van der Waals surface area (Å²) in [5.41, 5.74) is 0.327. The highest BCUT2D eigenvalue weighted by molar-refractivity contribution is 7.89. The maximum absolute atomic E-state index is 12.4. The molecule has 0 aromatic heterocycles. The number of hydrogen-bond acceptors (Lipinski definition) is 4. The van der Waals surface area contributed by atoms with Gasteiger partial charge in [0.1, 0.15) is 0 Å². The summed E-state index contributed by atoms with van der Waals surface area (Å²) in [7, 11) is -3.55. The van der Waals surface area contributed by atoms with Crippen LogP contribution in [0, 0.1) is 28.6 Å². The molecule has 0 saturated carbocycles. The molecule has 5 nitrogen and oxygen atoms in total. The molecule has 0 spiro atoms. The molecule has 0 amide bonds. The van der Waals surface area contributed by atoms with Gasteiger partial charge in [0, 0.05) is 19.0 Å². The molecule has 0 bridgehead atoms. The topological polar surface area (TPSA) is 85.0 Å². The lowest BCUT2D eigenvalue weighted by Crippen LogP contribution is -2.38. The first-order valence-electron chi connectivity index (χ1n) is 5.98. The predicted octanol–water partition coefficient (Wildman–Crippen LogP) is 1.48. The Balaban J connectivity index is 2.24. The molecule has 0 atom stereocenters. The zero-order chi connectivity index (χ0) is 13.9. The summed E-state index contributed by atoms with van der Waals surface area (Å²) in [4.78, 5) is 0.141. The fourth-order valence-electron chi connectivity index (χ4n) is 2.10. The van der Waals surface area contributed by atoms with Crippen LogP contribution in [0.3, 0.4) is 0 Å². The number of hydrogen-bond donors (Lipinski definition) is 0. The van der Waals surface area contributed by atoms with Gasteiger partial charge in [-0.3, -0.25) is 0 Å². The number of nitriles is 2. The molecular weight excluding hydrogens is 262 g/mol. The van der Waals surface area contributed by atoms with Crippen molar-refractivity contribution in [3.8, 4) is 12.1 Å². The van der Waals surface area contributed by atoms with E-state index in [-0.39, 0.29) is 10.8 Å². The number of nitrogens with zero attached hydrogens (tertiary/aromatic N) is 3. The van der Waals surface area contributed by atoms with E-state index in [0.29, 0.717) is 31.5 Å². The van der Waals surface area contributed by atoms with E-state index in [9.17, 15) is 8.42 Å². The largest absolute Gasteiger partial charge is 0.243 e. The molecule has 1 heterocycles. The van der Waals surface area contributed by atoms with Crippen molar-refractivity contribution in [2.24, 2.45) is 5.92 Å². The van der Waals surface area contributed by atoms with Gasteiger partial charge in [-0.1, -0.05) is 6.07 Å². The van der Waals surface area contributed by atoms with Crippen LogP contribution in [-0.2, 0) is 10.0 Å². The Kier molecular flexibility index (Phi) is 3.84. The lowest BCUT2D eigenvalue weighted by molar-refractivity contribution is 0.310. The zero-order valence-corrected chi connectivity index (χ0v) is 11.1. The van der Waals surface area contributed by atoms with E-state index in [1.54, 1.807) is 12.1 Å². The monoisotopic (exact) mass is 275 g/mol. The van der Waals surface area contributed by atoms with Gasteiger partial charge < -0.3 is 0 Å². The molecule has 0 unspecified atom stereocenters. The van der Waals surface area contributed by atoms with Gasteiger partial charge >= 0.3 is 0 Å². The van der Waals surface area contributed by atoms with Crippen LogP contribution in [0.5, 0.6) is 0 Å². The Morgan fingerprint density at radius 2 is 1.89 bits per heavy atom. The highest BCUT2D eigenvalue weighted by Gasteiger charge is 2.29. The second-order valence-electron chi connectivity index (χ2n) is 4.45. The van der Waals surface area contributed by atoms with Gasteiger partial charge in [-0.15, -0.1) is 0 Å². The minimum atomic E-state index is -3.55. The maximum atomic E-state index is 12.4. The fraction of sp³-hybridized carbons (Fsp3) is 0.385. The summed E-state index contributed by atoms with van der Waals surface area (Å²) in [5, 5.41) is 17.6. The summed E-state index contributed by atoms with van der Waals surface area (Å²) in [6.45, 7) is 0.717. The van der Waals surface area contributed by atoms with E-state index in [2.05, 4.69) is 6.07 Å². The second-order valence-corrected chi connectivity index (χ2v) is 6.39. The van der Waals surface area contributed by atoms with Crippen molar-refractivity contribution in [2.45, 2.75) is 17.7 Å². The van der Waals surface area contributed by atoms with Crippen molar-refractivity contribution in [1.82, 2.24) is 4.31 Å². The number of piperidine rings is 1. The fourth-order valence-corrected chi connectivity index (χ4v) is 3.62. The van der Waals surface area contributed by atoms with Crippen molar-refractivity contribution >= 4 is 10.0 Å². The first-order valence-corrected chi connectivity index (χ1v) is 7.42. The third-order valence-corrected chi connectivity index (χ3v) is 5.13. The Bertz CT molecular complexity index is 647. The third-order valence-electron chi connectivity index (χ3n) is 3.24. The Labute approximate surface area is 112 Å². The smallest absolute Gasteiger partial charge is 0.207 e. The molecule has 0 N–H and O–H groups in total. The lowest BCUT2D eigenvalue weighted by atomic mass is 10.0. The van der Waals surface area contributed by atoms with Crippen LogP contribution in [0.4, 0.5) is 0 Å². The van der Waals surface area contributed by atoms with E-state index in [1.165, 1.54) is 16.4 Å². The SMILES string of the molecule is N#Cc1cccc(S(=O)(=O)N2CCC(C#N)CC2)c1. The van der Waals surface area contributed by atoms with Gasteiger partial charge in [0.25, 0.3) is 0 Å². The van der Waals surface area contributed by atoms with E-state index in [0.717, 1.165) is 0 Å². The average molecular weight is 275 g/mol. The van der Waals surface area contributed by atoms with E-state index in [4.69, 9.17) is 10.5 Å². The van der Waals surface area contributed by atoms with Crippen LogP contribution in [0.15, 0.2) is 29.2 Å². The molecule has 0 aliphatic carbocycles. The van der Waals surface area contributed by atoms with Crippen molar-refractivity contribution in [3.63, 3.8) is 0 Å². The number of rotatable bonds is 2. The van der Waals surface area contributed by atoms with Gasteiger partial charge in [-0.05, 0) is 31.0 Å². The third kappa shape index (κ3) is 2.76. The summed E-state index contributed by atoms with van der Waals surface area (Å²) in [5.74, 6) is -0.0584. The van der Waals surface area contributed by atoms with Crippen LogP contribution in [-0.4, -0.2) is 25.8 Å². The van der Waals surface area contributed by atoms with Crippen LogP contribution >= 0.6 is 0 Å². The molecule has 1 aromatic rings. The minimum absolute atomic E-state index is 0.0584. The molecule has 1 aromatic carbocycles. The quantitative estimate of drug-likeness (QED) is 0.818. The highest BCUT2D eigenvalue weighted by Crippen LogP contribution is 2.23. The van der Waals surface area contributed by atoms with Crippen LogP contribution in [0.25, 0.3) is 0 Å². The molecule has 0 radical (unpaired) electrons. The first kappa shape index (κ1) is 13.5. The molecule has 6 heteroatoms.